The molecule has 1 fully saturated rings. The molecule has 8 heteroatoms. The average molecular weight is 385 g/mol. The Morgan fingerprint density at radius 3 is 2.78 bits per heavy atom. The molecule has 0 radical (unpaired) electrons. The summed E-state index contributed by atoms with van der Waals surface area (Å²) in [6.45, 7) is 0.941. The normalized spacial score (nSPS) is 21.1. The van der Waals surface area contributed by atoms with Gasteiger partial charge in [0.15, 0.2) is 5.60 Å². The number of hydrogen-bond acceptors (Lipinski definition) is 5. The van der Waals surface area contributed by atoms with Crippen LogP contribution in [0.25, 0.3) is 0 Å². The van der Waals surface area contributed by atoms with E-state index >= 15 is 0 Å². The Morgan fingerprint density at radius 1 is 1.22 bits per heavy atom. The number of amides is 2. The molecule has 1 atom stereocenters. The number of nitrogens with zero attached hydrogens (tertiary/aromatic N) is 3. The van der Waals surface area contributed by atoms with Crippen molar-refractivity contribution >= 4 is 34.8 Å². The Morgan fingerprint density at radius 2 is 2.04 bits per heavy atom. The largest absolute Gasteiger partial charge is 0.386 e. The van der Waals surface area contributed by atoms with Crippen molar-refractivity contribution in [2.45, 2.75) is 18.4 Å². The predicted octanol–water partition coefficient (Wildman–Crippen LogP) is 2.73. The third kappa shape index (κ3) is 3.64. The summed E-state index contributed by atoms with van der Waals surface area (Å²) in [5, 5.41) is 7.31. The van der Waals surface area contributed by atoms with Crippen molar-refractivity contribution in [3.05, 3.63) is 59.4 Å². The first-order valence-electron chi connectivity index (χ1n) is 8.56. The molecular formula is C19H17ClN4O3. The van der Waals surface area contributed by atoms with Gasteiger partial charge in [-0.1, -0.05) is 16.8 Å². The van der Waals surface area contributed by atoms with Gasteiger partial charge in [-0.15, -0.1) is 0 Å². The van der Waals surface area contributed by atoms with Crippen LogP contribution in [-0.2, 0) is 9.63 Å². The van der Waals surface area contributed by atoms with Crippen LogP contribution in [0, 0.1) is 0 Å². The van der Waals surface area contributed by atoms with E-state index in [0.29, 0.717) is 47.9 Å². The lowest BCUT2D eigenvalue weighted by molar-refractivity contribution is -0.110. The van der Waals surface area contributed by atoms with Gasteiger partial charge in [-0.05, 0) is 36.4 Å². The number of nitrogens with one attached hydrogen (secondary N) is 1. The van der Waals surface area contributed by atoms with E-state index in [4.69, 9.17) is 16.4 Å². The molecule has 7 nitrogen and oxygen atoms in total. The van der Waals surface area contributed by atoms with Crippen molar-refractivity contribution in [3.8, 4) is 0 Å². The number of pyridine rings is 1. The number of likely N-dealkylation sites (tertiary alicyclic amines) is 1. The molecule has 2 amide bonds. The summed E-state index contributed by atoms with van der Waals surface area (Å²) in [7, 11) is 0. The highest BCUT2D eigenvalue weighted by Crippen LogP contribution is 2.34. The number of aromatic nitrogens is 1. The second-order valence-corrected chi connectivity index (χ2v) is 7.10. The maximum absolute atomic E-state index is 12.7. The van der Waals surface area contributed by atoms with Crippen molar-refractivity contribution in [2.24, 2.45) is 5.16 Å². The first-order chi connectivity index (χ1) is 13.0. The molecule has 3 heterocycles. The highest BCUT2D eigenvalue weighted by atomic mass is 35.5. The molecule has 1 spiro atoms. The molecule has 0 saturated carbocycles. The van der Waals surface area contributed by atoms with Gasteiger partial charge in [0.1, 0.15) is 5.71 Å². The van der Waals surface area contributed by atoms with Crippen molar-refractivity contribution < 1.29 is 14.4 Å². The van der Waals surface area contributed by atoms with Crippen molar-refractivity contribution in [1.29, 1.82) is 0 Å². The Balaban J connectivity index is 1.38. The van der Waals surface area contributed by atoms with Crippen molar-refractivity contribution in [3.63, 3.8) is 0 Å². The molecule has 0 bridgehead atoms. The van der Waals surface area contributed by atoms with Gasteiger partial charge < -0.3 is 15.1 Å². The minimum atomic E-state index is -0.635. The number of halogens is 1. The number of oxime groups is 1. The summed E-state index contributed by atoms with van der Waals surface area (Å²) in [4.78, 5) is 36.3. The number of benzene rings is 1. The fourth-order valence-corrected chi connectivity index (χ4v) is 3.42. The van der Waals surface area contributed by atoms with Gasteiger partial charge in [0.2, 0.25) is 0 Å². The van der Waals surface area contributed by atoms with Gasteiger partial charge in [0.05, 0.1) is 18.4 Å². The third-order valence-electron chi connectivity index (χ3n) is 4.72. The van der Waals surface area contributed by atoms with E-state index in [1.807, 2.05) is 0 Å². The quantitative estimate of drug-likeness (QED) is 0.881. The van der Waals surface area contributed by atoms with Crippen LogP contribution in [0.1, 0.15) is 23.2 Å². The minimum Gasteiger partial charge on any atom is -0.386 e. The van der Waals surface area contributed by atoms with E-state index < -0.39 is 5.60 Å². The zero-order valence-electron chi connectivity index (χ0n) is 14.4. The van der Waals surface area contributed by atoms with Crippen LogP contribution in [0.5, 0.6) is 0 Å². The summed E-state index contributed by atoms with van der Waals surface area (Å²) < 4.78 is 0. The van der Waals surface area contributed by atoms with Gasteiger partial charge >= 0.3 is 0 Å². The molecule has 4 rings (SSSR count). The standard InChI is InChI=1S/C19H17ClN4O3/c20-14-5-3-13(4-6-14)18(26)24-9-7-19(12-24)10-16(23-27-19)17(25)22-15-2-1-8-21-11-15/h1-6,8,11H,7,9-10,12H2,(H,22,25)/t19-/m0/s1. The maximum Gasteiger partial charge on any atom is 0.273 e. The highest BCUT2D eigenvalue weighted by Gasteiger charge is 2.48. The van der Waals surface area contributed by atoms with Crippen LogP contribution >= 0.6 is 11.6 Å². The first-order valence-corrected chi connectivity index (χ1v) is 8.94. The van der Waals surface area contributed by atoms with E-state index in [2.05, 4.69) is 15.5 Å². The van der Waals surface area contributed by atoms with Gasteiger partial charge in [-0.2, -0.15) is 0 Å². The SMILES string of the molecule is O=C(Nc1cccnc1)C1=NO[C@@]2(CCN(C(=O)c3ccc(Cl)cc3)C2)C1. The van der Waals surface area contributed by atoms with Crippen LogP contribution in [-0.4, -0.2) is 46.1 Å². The number of carbonyl (C=O) groups is 2. The lowest BCUT2D eigenvalue weighted by atomic mass is 9.96. The van der Waals surface area contributed by atoms with Crippen molar-refractivity contribution in [1.82, 2.24) is 9.88 Å². The zero-order valence-corrected chi connectivity index (χ0v) is 15.1. The molecule has 0 aliphatic carbocycles. The van der Waals surface area contributed by atoms with Crippen molar-refractivity contribution in [2.75, 3.05) is 18.4 Å². The molecule has 2 aliphatic heterocycles. The molecule has 1 saturated heterocycles. The summed E-state index contributed by atoms with van der Waals surface area (Å²) in [5.41, 5.74) is 0.852. The van der Waals surface area contributed by atoms with Crippen LogP contribution in [0.3, 0.4) is 0 Å². The monoisotopic (exact) mass is 384 g/mol. The van der Waals surface area contributed by atoms with Crippen LogP contribution in [0.2, 0.25) is 5.02 Å². The Bertz CT molecular complexity index is 901. The Kier molecular flexibility index (Phi) is 4.53. The van der Waals surface area contributed by atoms with Crippen LogP contribution in [0.4, 0.5) is 5.69 Å². The van der Waals surface area contributed by atoms with E-state index in [0.717, 1.165) is 0 Å². The molecule has 27 heavy (non-hydrogen) atoms. The molecular weight excluding hydrogens is 368 g/mol. The number of carbonyl (C=O) groups excluding carboxylic acids is 2. The maximum atomic E-state index is 12.7. The van der Waals surface area contributed by atoms with Gasteiger partial charge in [-0.3, -0.25) is 14.6 Å². The minimum absolute atomic E-state index is 0.0830. The fraction of sp³-hybridized carbons (Fsp3) is 0.263. The van der Waals surface area contributed by atoms with Crippen LogP contribution < -0.4 is 5.32 Å². The Labute approximate surface area is 161 Å². The van der Waals surface area contributed by atoms with Crippen LogP contribution in [0.15, 0.2) is 53.9 Å². The third-order valence-corrected chi connectivity index (χ3v) is 4.97. The highest BCUT2D eigenvalue weighted by molar-refractivity contribution is 6.43. The Hall–Kier alpha value is -2.93. The fourth-order valence-electron chi connectivity index (χ4n) is 3.30. The van der Waals surface area contributed by atoms with E-state index in [1.54, 1.807) is 53.7 Å². The van der Waals surface area contributed by atoms with Gasteiger partial charge in [0.25, 0.3) is 11.8 Å². The molecule has 1 N–H and O–H groups in total. The molecule has 2 aliphatic rings. The van der Waals surface area contributed by atoms with Gasteiger partial charge in [0, 0.05) is 36.2 Å². The summed E-state index contributed by atoms with van der Waals surface area (Å²) in [6.07, 6.45) is 4.18. The number of anilines is 1. The average Bonchev–Trinajstić information content (AvgIpc) is 3.30. The van der Waals surface area contributed by atoms with E-state index in [1.165, 1.54) is 0 Å². The van der Waals surface area contributed by atoms with Gasteiger partial charge in [-0.25, -0.2) is 0 Å². The topological polar surface area (TPSA) is 83.9 Å². The first kappa shape index (κ1) is 17.5. The summed E-state index contributed by atoms with van der Waals surface area (Å²) in [6, 6.07) is 10.3. The lowest BCUT2D eigenvalue weighted by Gasteiger charge is -2.21. The number of hydrogen-bond donors (Lipinski definition) is 1. The molecule has 0 unspecified atom stereocenters. The molecule has 138 valence electrons. The zero-order chi connectivity index (χ0) is 18.9. The second kappa shape index (κ2) is 7.00. The number of rotatable bonds is 3. The summed E-state index contributed by atoms with van der Waals surface area (Å²) in [5.74, 6) is -0.400. The summed E-state index contributed by atoms with van der Waals surface area (Å²) >= 11 is 5.88. The molecule has 1 aromatic heterocycles. The molecule has 1 aromatic carbocycles. The van der Waals surface area contributed by atoms with E-state index in [-0.39, 0.29) is 11.8 Å². The smallest absolute Gasteiger partial charge is 0.273 e. The second-order valence-electron chi connectivity index (χ2n) is 6.67. The van der Waals surface area contributed by atoms with E-state index in [9.17, 15) is 9.59 Å². The lowest BCUT2D eigenvalue weighted by Crippen LogP contribution is -2.37. The predicted molar refractivity (Wildman–Crippen MR) is 101 cm³/mol. The molecule has 2 aromatic rings.